The van der Waals surface area contributed by atoms with Gasteiger partial charge >= 0.3 is 0 Å². The summed E-state index contributed by atoms with van der Waals surface area (Å²) in [5.41, 5.74) is 0.546. The number of hydrogen-bond acceptors (Lipinski definition) is 2. The third kappa shape index (κ3) is 2.98. The van der Waals surface area contributed by atoms with Gasteiger partial charge in [-0.25, -0.2) is 0 Å². The molecule has 0 spiro atoms. The first-order chi connectivity index (χ1) is 7.46. The van der Waals surface area contributed by atoms with Crippen molar-refractivity contribution in [3.63, 3.8) is 0 Å². The Morgan fingerprint density at radius 3 is 2.56 bits per heavy atom. The Morgan fingerprint density at radius 2 is 2.00 bits per heavy atom. The summed E-state index contributed by atoms with van der Waals surface area (Å²) in [6.07, 6.45) is 6.04. The molecule has 0 saturated heterocycles. The second-order valence-corrected chi connectivity index (χ2v) is 6.89. The zero-order valence-corrected chi connectivity index (χ0v) is 11.0. The van der Waals surface area contributed by atoms with Crippen LogP contribution >= 0.6 is 0 Å². The van der Waals surface area contributed by atoms with E-state index in [1.54, 1.807) is 0 Å². The van der Waals surface area contributed by atoms with E-state index < -0.39 is 0 Å². The summed E-state index contributed by atoms with van der Waals surface area (Å²) in [7, 11) is 0. The van der Waals surface area contributed by atoms with Gasteiger partial charge in [0, 0.05) is 6.04 Å². The second-order valence-electron chi connectivity index (χ2n) is 6.89. The molecule has 0 aliphatic heterocycles. The lowest BCUT2D eigenvalue weighted by atomic mass is 9.70. The number of hydrogen-bond donors (Lipinski definition) is 2. The highest BCUT2D eigenvalue weighted by Crippen LogP contribution is 2.38. The monoisotopic (exact) mass is 225 g/mol. The van der Waals surface area contributed by atoms with Crippen LogP contribution in [0.5, 0.6) is 0 Å². The lowest BCUT2D eigenvalue weighted by molar-refractivity contribution is 0.0383. The lowest BCUT2D eigenvalue weighted by Crippen LogP contribution is -2.45. The first-order valence-corrected chi connectivity index (χ1v) is 6.88. The Bertz CT molecular complexity index is 233. The maximum atomic E-state index is 9.25. The largest absolute Gasteiger partial charge is 0.393 e. The summed E-state index contributed by atoms with van der Waals surface area (Å²) in [6.45, 7) is 8.28. The van der Waals surface area contributed by atoms with Crippen molar-refractivity contribution in [1.82, 2.24) is 5.32 Å². The van der Waals surface area contributed by atoms with Crippen LogP contribution in [0.4, 0.5) is 0 Å². The van der Waals surface area contributed by atoms with Crippen LogP contribution < -0.4 is 5.32 Å². The van der Waals surface area contributed by atoms with E-state index >= 15 is 0 Å². The standard InChI is InChI=1S/C14H27NO/c1-10-8-14(2,3)5-4-13(10)15-9-11-6-12(16)7-11/h10-13,15-16H,4-9H2,1-3H3. The maximum Gasteiger partial charge on any atom is 0.0546 e. The molecular formula is C14H27NO. The molecule has 2 heteroatoms. The van der Waals surface area contributed by atoms with Crippen molar-refractivity contribution in [2.75, 3.05) is 6.54 Å². The third-order valence-corrected chi connectivity index (χ3v) is 4.57. The van der Waals surface area contributed by atoms with Crippen LogP contribution in [0.2, 0.25) is 0 Å². The molecule has 2 unspecified atom stereocenters. The van der Waals surface area contributed by atoms with Crippen LogP contribution in [0.25, 0.3) is 0 Å². The van der Waals surface area contributed by atoms with Gasteiger partial charge in [-0.05, 0) is 55.9 Å². The van der Waals surface area contributed by atoms with Gasteiger partial charge in [-0.1, -0.05) is 20.8 Å². The number of rotatable bonds is 3. The Labute approximate surface area is 99.8 Å². The highest BCUT2D eigenvalue weighted by Gasteiger charge is 2.33. The Balaban J connectivity index is 1.70. The fourth-order valence-corrected chi connectivity index (χ4v) is 3.44. The first-order valence-electron chi connectivity index (χ1n) is 6.88. The lowest BCUT2D eigenvalue weighted by Gasteiger charge is -2.41. The molecule has 16 heavy (non-hydrogen) atoms. The van der Waals surface area contributed by atoms with Gasteiger partial charge in [0.05, 0.1) is 6.10 Å². The Morgan fingerprint density at radius 1 is 1.31 bits per heavy atom. The van der Waals surface area contributed by atoms with E-state index in [4.69, 9.17) is 0 Å². The van der Waals surface area contributed by atoms with E-state index in [0.717, 1.165) is 31.2 Å². The van der Waals surface area contributed by atoms with Crippen LogP contribution in [0.3, 0.4) is 0 Å². The molecule has 0 aromatic heterocycles. The average molecular weight is 225 g/mol. The van der Waals surface area contributed by atoms with E-state index in [-0.39, 0.29) is 6.10 Å². The predicted molar refractivity (Wildman–Crippen MR) is 67.3 cm³/mol. The number of aliphatic hydroxyl groups is 1. The van der Waals surface area contributed by atoms with Crippen LogP contribution in [-0.2, 0) is 0 Å². The highest BCUT2D eigenvalue weighted by atomic mass is 16.3. The molecule has 2 rings (SSSR count). The third-order valence-electron chi connectivity index (χ3n) is 4.57. The normalized spacial score (nSPS) is 42.8. The molecule has 0 bridgehead atoms. The van der Waals surface area contributed by atoms with E-state index in [1.807, 2.05) is 0 Å². The fraction of sp³-hybridized carbons (Fsp3) is 1.00. The van der Waals surface area contributed by atoms with Crippen molar-refractivity contribution in [2.45, 2.75) is 65.0 Å². The molecule has 2 saturated carbocycles. The average Bonchev–Trinajstić information content (AvgIpc) is 2.12. The minimum atomic E-state index is -0.00508. The second kappa shape index (κ2) is 4.66. The smallest absolute Gasteiger partial charge is 0.0546 e. The van der Waals surface area contributed by atoms with Gasteiger partial charge in [0.1, 0.15) is 0 Å². The van der Waals surface area contributed by atoms with Gasteiger partial charge in [-0.2, -0.15) is 0 Å². The molecule has 2 N–H and O–H groups in total. The summed E-state index contributed by atoms with van der Waals surface area (Å²) in [5.74, 6) is 1.53. The molecule has 2 atom stereocenters. The minimum Gasteiger partial charge on any atom is -0.393 e. The molecular weight excluding hydrogens is 198 g/mol. The van der Waals surface area contributed by atoms with Crippen molar-refractivity contribution in [3.05, 3.63) is 0 Å². The van der Waals surface area contributed by atoms with Crippen LogP contribution in [-0.4, -0.2) is 23.8 Å². The molecule has 94 valence electrons. The van der Waals surface area contributed by atoms with Crippen molar-refractivity contribution in [1.29, 1.82) is 0 Å². The number of aliphatic hydroxyl groups excluding tert-OH is 1. The van der Waals surface area contributed by atoms with Crippen LogP contribution in [0.1, 0.15) is 52.9 Å². The molecule has 2 aliphatic carbocycles. The predicted octanol–water partition coefficient (Wildman–Crippen LogP) is 2.56. The quantitative estimate of drug-likeness (QED) is 0.773. The molecule has 0 aromatic carbocycles. The van der Waals surface area contributed by atoms with Crippen molar-refractivity contribution in [3.8, 4) is 0 Å². The maximum absolute atomic E-state index is 9.25. The van der Waals surface area contributed by atoms with Gasteiger partial charge in [-0.3, -0.25) is 0 Å². The molecule has 2 aliphatic rings. The molecule has 2 nitrogen and oxygen atoms in total. The fourth-order valence-electron chi connectivity index (χ4n) is 3.44. The van der Waals surface area contributed by atoms with E-state index in [2.05, 4.69) is 26.1 Å². The van der Waals surface area contributed by atoms with Crippen molar-refractivity contribution >= 4 is 0 Å². The SMILES string of the molecule is CC1CC(C)(C)CCC1NCC1CC(O)C1. The van der Waals surface area contributed by atoms with E-state index in [1.165, 1.54) is 19.3 Å². The zero-order chi connectivity index (χ0) is 11.8. The van der Waals surface area contributed by atoms with Gasteiger partial charge in [0.2, 0.25) is 0 Å². The minimum absolute atomic E-state index is 0.00508. The van der Waals surface area contributed by atoms with E-state index in [9.17, 15) is 5.11 Å². The molecule has 0 heterocycles. The van der Waals surface area contributed by atoms with Crippen molar-refractivity contribution in [2.24, 2.45) is 17.3 Å². The summed E-state index contributed by atoms with van der Waals surface area (Å²) in [4.78, 5) is 0. The summed E-state index contributed by atoms with van der Waals surface area (Å²) in [5, 5.41) is 13.0. The van der Waals surface area contributed by atoms with Gasteiger partial charge in [0.25, 0.3) is 0 Å². The molecule has 0 radical (unpaired) electrons. The highest BCUT2D eigenvalue weighted by molar-refractivity contribution is 4.88. The van der Waals surface area contributed by atoms with Crippen molar-refractivity contribution < 1.29 is 5.11 Å². The van der Waals surface area contributed by atoms with E-state index in [0.29, 0.717) is 11.5 Å². The van der Waals surface area contributed by atoms with Gasteiger partial charge in [0.15, 0.2) is 0 Å². The molecule has 2 fully saturated rings. The summed E-state index contributed by atoms with van der Waals surface area (Å²) in [6, 6.07) is 0.714. The topological polar surface area (TPSA) is 32.3 Å². The van der Waals surface area contributed by atoms with Crippen LogP contribution in [0.15, 0.2) is 0 Å². The summed E-state index contributed by atoms with van der Waals surface area (Å²) >= 11 is 0. The first kappa shape index (κ1) is 12.4. The van der Waals surface area contributed by atoms with Crippen LogP contribution in [0, 0.1) is 17.3 Å². The Hall–Kier alpha value is -0.0800. The Kier molecular flexibility index (Phi) is 3.60. The van der Waals surface area contributed by atoms with Gasteiger partial charge in [-0.15, -0.1) is 0 Å². The number of nitrogens with one attached hydrogen (secondary N) is 1. The molecule has 0 amide bonds. The zero-order valence-electron chi connectivity index (χ0n) is 11.0. The molecule has 0 aromatic rings. The van der Waals surface area contributed by atoms with Gasteiger partial charge < -0.3 is 10.4 Å². The summed E-state index contributed by atoms with van der Waals surface area (Å²) < 4.78 is 0.